The molecule has 0 bridgehead atoms. The maximum Gasteiger partial charge on any atom is 0.253 e. The number of hydrogen-bond acceptors (Lipinski definition) is 6. The van der Waals surface area contributed by atoms with Crippen LogP contribution in [0.25, 0.3) is 0 Å². The molecular formula is C33H40F2N4O5S. The van der Waals surface area contributed by atoms with Gasteiger partial charge >= 0.3 is 0 Å². The van der Waals surface area contributed by atoms with Crippen molar-refractivity contribution in [2.75, 3.05) is 30.1 Å². The fourth-order valence-electron chi connectivity index (χ4n) is 5.58. The van der Waals surface area contributed by atoms with E-state index in [1.807, 2.05) is 13.8 Å². The van der Waals surface area contributed by atoms with Crippen molar-refractivity contribution in [3.8, 4) is 0 Å². The lowest BCUT2D eigenvalue weighted by Gasteiger charge is -2.30. The quantitative estimate of drug-likeness (QED) is 0.220. The van der Waals surface area contributed by atoms with Crippen molar-refractivity contribution in [3.63, 3.8) is 0 Å². The molecule has 2 amide bonds. The van der Waals surface area contributed by atoms with E-state index >= 15 is 0 Å². The summed E-state index contributed by atoms with van der Waals surface area (Å²) in [6.07, 6.45) is 0.158. The van der Waals surface area contributed by atoms with Crippen molar-refractivity contribution in [1.29, 1.82) is 0 Å². The lowest BCUT2D eigenvalue weighted by Crippen LogP contribution is -2.50. The predicted molar refractivity (Wildman–Crippen MR) is 170 cm³/mol. The number of amides is 2. The standard InChI is InChI=1S/C33H40F2N4O5S/c1-4-10-39(11-5-2)33(42)24-13-21(3)12-23(17-24)32(41)37-29(16-22-14-25(34)18-26(35)15-22)31(40)19-36-30-20-45(43,44)38-28-9-7-6-8-27(28)30/h6-9,12-15,17-18,29-31,36,38,40H,4-5,10-11,16,19-20H2,1-3H3,(H,37,41)/t29-,30+,31+/m0/s1. The third kappa shape index (κ3) is 9.09. The summed E-state index contributed by atoms with van der Waals surface area (Å²) in [7, 11) is -3.63. The Balaban J connectivity index is 1.58. The minimum Gasteiger partial charge on any atom is -0.390 e. The first-order valence-electron chi connectivity index (χ1n) is 15.1. The molecule has 1 heterocycles. The van der Waals surface area contributed by atoms with Crippen molar-refractivity contribution in [2.24, 2.45) is 0 Å². The third-order valence-electron chi connectivity index (χ3n) is 7.58. The summed E-state index contributed by atoms with van der Waals surface area (Å²) in [5.41, 5.74) is 2.58. The van der Waals surface area contributed by atoms with Gasteiger partial charge in [-0.15, -0.1) is 0 Å². The summed E-state index contributed by atoms with van der Waals surface area (Å²) < 4.78 is 55.5. The number of anilines is 1. The zero-order valence-electron chi connectivity index (χ0n) is 25.6. The molecule has 9 nitrogen and oxygen atoms in total. The molecular weight excluding hydrogens is 602 g/mol. The summed E-state index contributed by atoms with van der Waals surface area (Å²) in [5, 5.41) is 17.2. The number of nitrogens with one attached hydrogen (secondary N) is 3. The van der Waals surface area contributed by atoms with Gasteiger partial charge in [0.2, 0.25) is 10.0 Å². The van der Waals surface area contributed by atoms with E-state index in [0.29, 0.717) is 35.5 Å². The second kappa shape index (κ2) is 14.9. The van der Waals surface area contributed by atoms with Crippen LogP contribution in [0.2, 0.25) is 0 Å². The summed E-state index contributed by atoms with van der Waals surface area (Å²) in [5.74, 6) is -2.64. The van der Waals surface area contributed by atoms with Gasteiger partial charge in [0, 0.05) is 36.8 Å². The average Bonchev–Trinajstić information content (AvgIpc) is 2.97. The predicted octanol–water partition coefficient (Wildman–Crippen LogP) is 4.32. The Labute approximate surface area is 263 Å². The van der Waals surface area contributed by atoms with Crippen LogP contribution in [0.4, 0.5) is 14.5 Å². The number of aliphatic hydroxyl groups is 1. The number of rotatable bonds is 13. The molecule has 3 aromatic carbocycles. The highest BCUT2D eigenvalue weighted by molar-refractivity contribution is 7.92. The number of aryl methyl sites for hydroxylation is 1. The van der Waals surface area contributed by atoms with Crippen LogP contribution >= 0.6 is 0 Å². The number of fused-ring (bicyclic) bond motifs is 1. The molecule has 0 aromatic heterocycles. The topological polar surface area (TPSA) is 128 Å². The van der Waals surface area contributed by atoms with Gasteiger partial charge in [-0.05, 0) is 79.3 Å². The van der Waals surface area contributed by atoms with E-state index in [-0.39, 0.29) is 35.8 Å². The van der Waals surface area contributed by atoms with Crippen LogP contribution in [0.3, 0.4) is 0 Å². The number of para-hydroxylation sites is 1. The first-order valence-corrected chi connectivity index (χ1v) is 16.7. The number of aliphatic hydroxyl groups excluding tert-OH is 1. The van der Waals surface area contributed by atoms with Gasteiger partial charge in [-0.3, -0.25) is 14.3 Å². The number of carbonyl (C=O) groups excluding carboxylic acids is 2. The fourth-order valence-corrected chi connectivity index (χ4v) is 6.92. The highest BCUT2D eigenvalue weighted by Crippen LogP contribution is 2.30. The molecule has 0 spiro atoms. The fraction of sp³-hybridized carbons (Fsp3) is 0.394. The SMILES string of the molecule is CCCN(CCC)C(=O)c1cc(C)cc(C(=O)N[C@@H](Cc2cc(F)cc(F)c2)[C@H](O)CN[C@@H]2CS(=O)(=O)Nc3ccccc32)c1. The van der Waals surface area contributed by atoms with Crippen molar-refractivity contribution in [3.05, 3.63) is 100 Å². The first-order chi connectivity index (χ1) is 21.4. The van der Waals surface area contributed by atoms with Gasteiger partial charge in [0.15, 0.2) is 0 Å². The van der Waals surface area contributed by atoms with Gasteiger partial charge in [0.1, 0.15) is 11.6 Å². The molecule has 242 valence electrons. The Morgan fingerprint density at radius 3 is 2.31 bits per heavy atom. The number of benzene rings is 3. The molecule has 0 unspecified atom stereocenters. The summed E-state index contributed by atoms with van der Waals surface area (Å²) >= 11 is 0. The second-order valence-corrected chi connectivity index (χ2v) is 13.2. The molecule has 1 aliphatic rings. The minimum absolute atomic E-state index is 0.122. The highest BCUT2D eigenvalue weighted by atomic mass is 32.2. The van der Waals surface area contributed by atoms with Crippen molar-refractivity contribution in [2.45, 2.75) is 58.2 Å². The molecule has 3 atom stereocenters. The maximum atomic E-state index is 14.0. The van der Waals surface area contributed by atoms with E-state index in [0.717, 1.165) is 31.0 Å². The Morgan fingerprint density at radius 2 is 1.64 bits per heavy atom. The molecule has 45 heavy (non-hydrogen) atoms. The molecule has 12 heteroatoms. The van der Waals surface area contributed by atoms with E-state index in [1.54, 1.807) is 48.2 Å². The molecule has 0 radical (unpaired) electrons. The molecule has 0 fully saturated rings. The third-order valence-corrected chi connectivity index (χ3v) is 8.88. The Bertz CT molecular complexity index is 1610. The first kappa shape index (κ1) is 34.0. The lowest BCUT2D eigenvalue weighted by atomic mass is 9.98. The van der Waals surface area contributed by atoms with Gasteiger partial charge < -0.3 is 20.6 Å². The average molecular weight is 643 g/mol. The van der Waals surface area contributed by atoms with Crippen molar-refractivity contribution >= 4 is 27.5 Å². The van der Waals surface area contributed by atoms with Gasteiger partial charge in [-0.25, -0.2) is 17.2 Å². The van der Waals surface area contributed by atoms with Gasteiger partial charge in [0.25, 0.3) is 11.8 Å². The monoisotopic (exact) mass is 642 g/mol. The Morgan fingerprint density at radius 1 is 1.00 bits per heavy atom. The van der Waals surface area contributed by atoms with E-state index in [2.05, 4.69) is 15.4 Å². The molecule has 4 rings (SSSR count). The van der Waals surface area contributed by atoms with E-state index in [4.69, 9.17) is 0 Å². The number of sulfonamides is 1. The van der Waals surface area contributed by atoms with E-state index in [1.165, 1.54) is 6.07 Å². The van der Waals surface area contributed by atoms with Crippen LogP contribution in [0, 0.1) is 18.6 Å². The molecule has 4 N–H and O–H groups in total. The van der Waals surface area contributed by atoms with E-state index in [9.17, 15) is 31.9 Å². The molecule has 0 aliphatic carbocycles. The zero-order valence-corrected chi connectivity index (χ0v) is 26.5. The number of carbonyl (C=O) groups is 2. The minimum atomic E-state index is -3.63. The zero-order chi connectivity index (χ0) is 32.7. The Hall–Kier alpha value is -3.87. The van der Waals surface area contributed by atoms with Gasteiger partial charge in [0.05, 0.1) is 29.6 Å². The normalized spacial score (nSPS) is 16.6. The summed E-state index contributed by atoms with van der Waals surface area (Å²) in [6.45, 7) is 6.76. The number of hydrogen-bond donors (Lipinski definition) is 4. The van der Waals surface area contributed by atoms with Crippen molar-refractivity contribution < 1.29 is 31.9 Å². The van der Waals surface area contributed by atoms with Crippen LogP contribution in [0.15, 0.2) is 60.7 Å². The highest BCUT2D eigenvalue weighted by Gasteiger charge is 2.31. The largest absolute Gasteiger partial charge is 0.390 e. The smallest absolute Gasteiger partial charge is 0.253 e. The van der Waals surface area contributed by atoms with Crippen LogP contribution in [0.5, 0.6) is 0 Å². The molecule has 0 saturated carbocycles. The van der Waals surface area contributed by atoms with Gasteiger partial charge in [-0.2, -0.15) is 0 Å². The second-order valence-electron chi connectivity index (χ2n) is 11.4. The molecule has 0 saturated heterocycles. The molecule has 3 aromatic rings. The molecule has 1 aliphatic heterocycles. The van der Waals surface area contributed by atoms with Crippen molar-refractivity contribution in [1.82, 2.24) is 15.5 Å². The number of halogens is 2. The summed E-state index contributed by atoms with van der Waals surface area (Å²) in [4.78, 5) is 28.6. The van der Waals surface area contributed by atoms with Crippen LogP contribution < -0.4 is 15.4 Å². The van der Waals surface area contributed by atoms with Crippen LogP contribution in [0.1, 0.15) is 70.1 Å². The maximum absolute atomic E-state index is 14.0. The summed E-state index contributed by atoms with van der Waals surface area (Å²) in [6, 6.07) is 13.0. The Kier molecular flexibility index (Phi) is 11.3. The van der Waals surface area contributed by atoms with Gasteiger partial charge in [-0.1, -0.05) is 32.0 Å². The van der Waals surface area contributed by atoms with Crippen LogP contribution in [-0.4, -0.2) is 67.8 Å². The van der Waals surface area contributed by atoms with Crippen LogP contribution in [-0.2, 0) is 16.4 Å². The lowest BCUT2D eigenvalue weighted by molar-refractivity contribution is 0.0755. The number of nitrogens with zero attached hydrogens (tertiary/aromatic N) is 1. The van der Waals surface area contributed by atoms with E-state index < -0.39 is 45.8 Å².